The van der Waals surface area contributed by atoms with Crippen LogP contribution in [0.1, 0.15) is 43.5 Å². The Morgan fingerprint density at radius 3 is 2.23 bits per heavy atom. The molecular formula is C25H29NO5. The predicted molar refractivity (Wildman–Crippen MR) is 118 cm³/mol. The first-order chi connectivity index (χ1) is 14.8. The Morgan fingerprint density at radius 2 is 1.65 bits per heavy atom. The van der Waals surface area contributed by atoms with Gasteiger partial charge in [0.1, 0.15) is 5.76 Å². The monoisotopic (exact) mass is 423 g/mol. The average Bonchev–Trinajstić information content (AvgIpc) is 3.01. The highest BCUT2D eigenvalue weighted by atomic mass is 16.5. The summed E-state index contributed by atoms with van der Waals surface area (Å²) in [4.78, 5) is 27.2. The van der Waals surface area contributed by atoms with Gasteiger partial charge in [0.2, 0.25) is 0 Å². The first kappa shape index (κ1) is 22.7. The minimum atomic E-state index is -0.716. The second-order valence-electron chi connectivity index (χ2n) is 8.57. The van der Waals surface area contributed by atoms with E-state index < -0.39 is 17.7 Å². The normalized spacial score (nSPS) is 18.6. The molecule has 1 atom stereocenters. The van der Waals surface area contributed by atoms with Crippen molar-refractivity contribution in [3.63, 3.8) is 0 Å². The predicted octanol–water partition coefficient (Wildman–Crippen LogP) is 3.41. The summed E-state index contributed by atoms with van der Waals surface area (Å²) < 4.78 is 5.32. The topological polar surface area (TPSA) is 87.1 Å². The molecule has 1 aliphatic rings. The van der Waals surface area contributed by atoms with Crippen molar-refractivity contribution in [2.24, 2.45) is 0 Å². The van der Waals surface area contributed by atoms with Gasteiger partial charge in [0, 0.05) is 12.1 Å². The zero-order valence-corrected chi connectivity index (χ0v) is 18.2. The average molecular weight is 424 g/mol. The summed E-state index contributed by atoms with van der Waals surface area (Å²) in [5, 5.41) is 19.9. The highest BCUT2D eigenvalue weighted by Crippen LogP contribution is 2.39. The maximum Gasteiger partial charge on any atom is 0.295 e. The first-order valence-electron chi connectivity index (χ1n) is 10.4. The molecule has 31 heavy (non-hydrogen) atoms. The number of likely N-dealkylation sites (tertiary alicyclic amines) is 1. The van der Waals surface area contributed by atoms with Crippen LogP contribution in [0.5, 0.6) is 0 Å². The molecule has 0 spiro atoms. The smallest absolute Gasteiger partial charge is 0.295 e. The first-order valence-corrected chi connectivity index (χ1v) is 10.4. The molecular weight excluding hydrogens is 394 g/mol. The molecule has 3 rings (SSSR count). The lowest BCUT2D eigenvalue weighted by Gasteiger charge is -2.26. The highest BCUT2D eigenvalue weighted by molar-refractivity contribution is 6.46. The maximum absolute atomic E-state index is 12.9. The van der Waals surface area contributed by atoms with E-state index in [1.54, 1.807) is 24.3 Å². The van der Waals surface area contributed by atoms with Crippen LogP contribution < -0.4 is 0 Å². The summed E-state index contributed by atoms with van der Waals surface area (Å²) in [7, 11) is 0. The van der Waals surface area contributed by atoms with Crippen molar-refractivity contribution < 1.29 is 24.5 Å². The third kappa shape index (κ3) is 4.86. The molecule has 2 N–H and O–H groups in total. The SMILES string of the molecule is CC(C)(C)c1ccc(C2/C(=C(\O)c3ccccc3)C(=O)C(=O)N2CCOCCO)cc1. The Morgan fingerprint density at radius 1 is 1.00 bits per heavy atom. The number of hydrogen-bond donors (Lipinski definition) is 2. The molecule has 1 unspecified atom stereocenters. The van der Waals surface area contributed by atoms with E-state index in [1.807, 2.05) is 30.3 Å². The van der Waals surface area contributed by atoms with Crippen LogP contribution in [0.2, 0.25) is 0 Å². The number of benzene rings is 2. The van der Waals surface area contributed by atoms with E-state index in [0.717, 1.165) is 11.1 Å². The van der Waals surface area contributed by atoms with Crippen LogP contribution in [-0.2, 0) is 19.7 Å². The van der Waals surface area contributed by atoms with E-state index in [-0.39, 0.29) is 43.1 Å². The summed E-state index contributed by atoms with van der Waals surface area (Å²) in [5.74, 6) is -1.58. The molecule has 1 amide bonds. The number of carbonyl (C=O) groups excluding carboxylic acids is 2. The lowest BCUT2D eigenvalue weighted by molar-refractivity contribution is -0.140. The molecule has 0 bridgehead atoms. The number of Topliss-reactive ketones (excluding diaryl/α,β-unsaturated/α-hetero) is 1. The summed E-state index contributed by atoms with van der Waals surface area (Å²) in [6.45, 7) is 6.72. The van der Waals surface area contributed by atoms with Crippen LogP contribution in [0, 0.1) is 0 Å². The van der Waals surface area contributed by atoms with Gasteiger partial charge in [0.05, 0.1) is 31.4 Å². The molecule has 6 heteroatoms. The number of nitrogens with zero attached hydrogens (tertiary/aromatic N) is 1. The van der Waals surface area contributed by atoms with Crippen LogP contribution in [0.15, 0.2) is 60.2 Å². The fourth-order valence-corrected chi connectivity index (χ4v) is 3.70. The standard InChI is InChI=1S/C25H29NO5/c1-25(2,3)19-11-9-17(10-12-19)21-20(22(28)18-7-5-4-6-8-18)23(29)24(30)26(21)13-15-31-16-14-27/h4-12,21,27-28H,13-16H2,1-3H3/b22-20+. The van der Waals surface area contributed by atoms with Gasteiger partial charge in [-0.15, -0.1) is 0 Å². The lowest BCUT2D eigenvalue weighted by atomic mass is 9.85. The third-order valence-electron chi connectivity index (χ3n) is 5.39. The number of hydrogen-bond acceptors (Lipinski definition) is 5. The number of amides is 1. The van der Waals surface area contributed by atoms with Gasteiger partial charge < -0.3 is 19.8 Å². The number of rotatable bonds is 7. The van der Waals surface area contributed by atoms with E-state index in [2.05, 4.69) is 20.8 Å². The Balaban J connectivity index is 2.06. The van der Waals surface area contributed by atoms with E-state index in [4.69, 9.17) is 9.84 Å². The van der Waals surface area contributed by atoms with Gasteiger partial charge in [-0.1, -0.05) is 75.4 Å². The van der Waals surface area contributed by atoms with Gasteiger partial charge in [0.25, 0.3) is 11.7 Å². The van der Waals surface area contributed by atoms with Gasteiger partial charge in [-0.25, -0.2) is 0 Å². The fraction of sp³-hybridized carbons (Fsp3) is 0.360. The quantitative estimate of drug-likeness (QED) is 0.308. The Bertz CT molecular complexity index is 958. The summed E-state index contributed by atoms with van der Waals surface area (Å²) in [6.07, 6.45) is 0. The summed E-state index contributed by atoms with van der Waals surface area (Å²) >= 11 is 0. The van der Waals surface area contributed by atoms with Gasteiger partial charge in [-0.2, -0.15) is 0 Å². The molecule has 6 nitrogen and oxygen atoms in total. The highest BCUT2D eigenvalue weighted by Gasteiger charge is 2.45. The molecule has 1 saturated heterocycles. The van der Waals surface area contributed by atoms with Crippen molar-refractivity contribution >= 4 is 17.4 Å². The molecule has 0 aromatic heterocycles. The van der Waals surface area contributed by atoms with Crippen molar-refractivity contribution in [1.82, 2.24) is 4.90 Å². The van der Waals surface area contributed by atoms with Crippen LogP contribution in [0.3, 0.4) is 0 Å². The van der Waals surface area contributed by atoms with Gasteiger partial charge in [-0.3, -0.25) is 9.59 Å². The largest absolute Gasteiger partial charge is 0.507 e. The molecule has 0 radical (unpaired) electrons. The van der Waals surface area contributed by atoms with E-state index in [1.165, 1.54) is 4.90 Å². The van der Waals surface area contributed by atoms with Crippen LogP contribution >= 0.6 is 0 Å². The molecule has 1 aliphatic heterocycles. The molecule has 1 fully saturated rings. The summed E-state index contributed by atoms with van der Waals surface area (Å²) in [5.41, 5.74) is 2.38. The molecule has 2 aromatic rings. The van der Waals surface area contributed by atoms with Gasteiger partial charge >= 0.3 is 0 Å². The Kier molecular flexibility index (Phi) is 6.93. The second-order valence-corrected chi connectivity index (χ2v) is 8.57. The molecule has 0 aliphatic carbocycles. The van der Waals surface area contributed by atoms with Crippen LogP contribution in [0.4, 0.5) is 0 Å². The molecule has 164 valence electrons. The minimum Gasteiger partial charge on any atom is -0.507 e. The third-order valence-corrected chi connectivity index (χ3v) is 5.39. The fourth-order valence-electron chi connectivity index (χ4n) is 3.70. The van der Waals surface area contributed by atoms with Gasteiger partial charge in [-0.05, 0) is 16.5 Å². The number of aliphatic hydroxyl groups excluding tert-OH is 2. The second kappa shape index (κ2) is 9.45. The molecule has 2 aromatic carbocycles. The van der Waals surface area contributed by atoms with Crippen LogP contribution in [0.25, 0.3) is 5.76 Å². The maximum atomic E-state index is 12.9. The van der Waals surface area contributed by atoms with Crippen LogP contribution in [-0.4, -0.2) is 53.2 Å². The number of carbonyl (C=O) groups is 2. The zero-order chi connectivity index (χ0) is 22.6. The van der Waals surface area contributed by atoms with Gasteiger partial charge in [0.15, 0.2) is 0 Å². The molecule has 1 heterocycles. The summed E-state index contributed by atoms with van der Waals surface area (Å²) in [6, 6.07) is 15.8. The van der Waals surface area contributed by atoms with Crippen molar-refractivity contribution in [1.29, 1.82) is 0 Å². The number of aliphatic hydroxyl groups is 2. The molecule has 0 saturated carbocycles. The number of ketones is 1. The van der Waals surface area contributed by atoms with Crippen molar-refractivity contribution in [2.75, 3.05) is 26.4 Å². The van der Waals surface area contributed by atoms with Crippen molar-refractivity contribution in [3.8, 4) is 0 Å². The van der Waals surface area contributed by atoms with Crippen molar-refractivity contribution in [3.05, 3.63) is 76.9 Å². The Hall–Kier alpha value is -2.96. The van der Waals surface area contributed by atoms with E-state index >= 15 is 0 Å². The lowest BCUT2D eigenvalue weighted by Crippen LogP contribution is -2.33. The Labute approximate surface area is 182 Å². The zero-order valence-electron chi connectivity index (χ0n) is 18.2. The van der Waals surface area contributed by atoms with Crippen molar-refractivity contribution in [2.45, 2.75) is 32.2 Å². The number of ether oxygens (including phenoxy) is 1. The minimum absolute atomic E-state index is 0.0392. The van der Waals surface area contributed by atoms with E-state index in [0.29, 0.717) is 5.56 Å². The van der Waals surface area contributed by atoms with E-state index in [9.17, 15) is 14.7 Å².